The summed E-state index contributed by atoms with van der Waals surface area (Å²) < 4.78 is 6.06. The van der Waals surface area contributed by atoms with Crippen LogP contribution < -0.4 is 15.4 Å². The van der Waals surface area contributed by atoms with Gasteiger partial charge in [0, 0.05) is 16.6 Å². The molecular formula is C20H19BrN4O3S. The Morgan fingerprint density at radius 3 is 2.55 bits per heavy atom. The van der Waals surface area contributed by atoms with E-state index in [9.17, 15) is 9.59 Å². The number of methoxy groups -OCH3 is 1. The zero-order valence-electron chi connectivity index (χ0n) is 15.8. The molecule has 29 heavy (non-hydrogen) atoms. The first-order valence-electron chi connectivity index (χ1n) is 8.74. The lowest BCUT2D eigenvalue weighted by Gasteiger charge is -2.21. The predicted octanol–water partition coefficient (Wildman–Crippen LogP) is 3.80. The van der Waals surface area contributed by atoms with Gasteiger partial charge in [0.25, 0.3) is 0 Å². The molecule has 0 saturated carbocycles. The van der Waals surface area contributed by atoms with Crippen molar-refractivity contribution in [1.82, 2.24) is 5.32 Å². The summed E-state index contributed by atoms with van der Waals surface area (Å²) in [6.07, 6.45) is 0.0766. The topological polar surface area (TPSA) is 92.2 Å². The molecule has 1 aliphatic heterocycles. The van der Waals surface area contributed by atoms with E-state index in [-0.39, 0.29) is 18.2 Å². The maximum absolute atomic E-state index is 12.5. The maximum atomic E-state index is 12.5. The average molecular weight is 475 g/mol. The summed E-state index contributed by atoms with van der Waals surface area (Å²) >= 11 is 4.53. The lowest BCUT2D eigenvalue weighted by atomic mass is 10.1. The van der Waals surface area contributed by atoms with Gasteiger partial charge < -0.3 is 15.4 Å². The molecule has 1 atom stereocenters. The monoisotopic (exact) mass is 474 g/mol. The van der Waals surface area contributed by atoms with Crippen molar-refractivity contribution in [2.45, 2.75) is 18.6 Å². The smallest absolute Gasteiger partial charge is 0.238 e. The molecule has 0 aliphatic carbocycles. The van der Waals surface area contributed by atoms with Gasteiger partial charge in [0.1, 0.15) is 11.0 Å². The van der Waals surface area contributed by atoms with Gasteiger partial charge in [-0.05, 0) is 61.0 Å². The summed E-state index contributed by atoms with van der Waals surface area (Å²) in [6.45, 7) is 1.82. The quantitative estimate of drug-likeness (QED) is 0.509. The van der Waals surface area contributed by atoms with E-state index in [1.165, 1.54) is 11.8 Å². The molecule has 0 radical (unpaired) electrons. The fourth-order valence-electron chi connectivity index (χ4n) is 2.51. The number of carbonyl (C=O) groups excluding carboxylic acids is 2. The van der Waals surface area contributed by atoms with Crippen LogP contribution >= 0.6 is 27.7 Å². The number of hydrogen-bond donors (Lipinski definition) is 2. The molecular weight excluding hydrogens is 456 g/mol. The average Bonchev–Trinajstić information content (AvgIpc) is 2.73. The summed E-state index contributed by atoms with van der Waals surface area (Å²) in [5.41, 5.74) is 2.22. The van der Waals surface area contributed by atoms with Crippen molar-refractivity contribution in [1.29, 1.82) is 0 Å². The van der Waals surface area contributed by atoms with Gasteiger partial charge in [-0.1, -0.05) is 27.7 Å². The standard InChI is InChI=1S/C20H19BrN4O3S/c1-12(13-3-9-16(28-2)10-4-13)24-25-20-23-18(26)11-17(29-20)19(27)22-15-7-5-14(21)6-8-15/h3-10,17H,11H2,1-2H3,(H,22,27)(H,23,25,26). The Morgan fingerprint density at radius 2 is 1.90 bits per heavy atom. The third-order valence-corrected chi connectivity index (χ3v) is 5.67. The van der Waals surface area contributed by atoms with Gasteiger partial charge in [-0.15, -0.1) is 5.10 Å². The molecule has 3 rings (SSSR count). The second-order valence-corrected chi connectivity index (χ2v) is 8.28. The second-order valence-electron chi connectivity index (χ2n) is 6.17. The van der Waals surface area contributed by atoms with Gasteiger partial charge in [-0.3, -0.25) is 9.59 Å². The zero-order valence-corrected chi connectivity index (χ0v) is 18.2. The van der Waals surface area contributed by atoms with E-state index in [0.717, 1.165) is 15.8 Å². The molecule has 2 aromatic rings. The molecule has 0 bridgehead atoms. The Morgan fingerprint density at radius 1 is 1.21 bits per heavy atom. The number of amidine groups is 1. The van der Waals surface area contributed by atoms with Crippen molar-refractivity contribution in [3.63, 3.8) is 0 Å². The van der Waals surface area contributed by atoms with Crippen molar-refractivity contribution < 1.29 is 14.3 Å². The third-order valence-electron chi connectivity index (χ3n) is 4.07. The highest BCUT2D eigenvalue weighted by molar-refractivity contribution is 9.10. The first kappa shape index (κ1) is 21.1. The van der Waals surface area contributed by atoms with E-state index in [1.54, 1.807) is 19.2 Å². The predicted molar refractivity (Wildman–Crippen MR) is 120 cm³/mol. The molecule has 2 aromatic carbocycles. The molecule has 7 nitrogen and oxygen atoms in total. The van der Waals surface area contributed by atoms with Gasteiger partial charge in [0.15, 0.2) is 5.17 Å². The van der Waals surface area contributed by atoms with E-state index in [4.69, 9.17) is 4.74 Å². The zero-order chi connectivity index (χ0) is 20.8. The van der Waals surface area contributed by atoms with E-state index >= 15 is 0 Å². The molecule has 1 unspecified atom stereocenters. The van der Waals surface area contributed by atoms with E-state index in [0.29, 0.717) is 16.6 Å². The van der Waals surface area contributed by atoms with Crippen LogP contribution in [0.4, 0.5) is 5.69 Å². The van der Waals surface area contributed by atoms with Crippen LogP contribution in [0.3, 0.4) is 0 Å². The summed E-state index contributed by atoms with van der Waals surface area (Å²) in [5.74, 6) is 0.231. The SMILES string of the molecule is COc1ccc(C(C)=N/N=C2\NC(=O)CC(C(=O)Nc3ccc(Br)cc3)S2)cc1. The molecule has 0 aromatic heterocycles. The summed E-state index contributed by atoms with van der Waals surface area (Å²) in [6, 6.07) is 14.7. The number of benzene rings is 2. The van der Waals surface area contributed by atoms with Crippen LogP contribution in [-0.2, 0) is 9.59 Å². The number of nitrogens with zero attached hydrogens (tertiary/aromatic N) is 2. The summed E-state index contributed by atoms with van der Waals surface area (Å²) in [7, 11) is 1.61. The Hall–Kier alpha value is -2.65. The lowest BCUT2D eigenvalue weighted by Crippen LogP contribution is -2.41. The minimum absolute atomic E-state index is 0.0766. The fourth-order valence-corrected chi connectivity index (χ4v) is 3.70. The number of anilines is 1. The maximum Gasteiger partial charge on any atom is 0.238 e. The molecule has 1 fully saturated rings. The highest BCUT2D eigenvalue weighted by atomic mass is 79.9. The Labute approximate surface area is 181 Å². The van der Waals surface area contributed by atoms with Crippen LogP contribution in [0.1, 0.15) is 18.9 Å². The third kappa shape index (κ3) is 5.91. The van der Waals surface area contributed by atoms with Gasteiger partial charge in [0.2, 0.25) is 11.8 Å². The van der Waals surface area contributed by atoms with Crippen LogP contribution in [0.25, 0.3) is 0 Å². The van der Waals surface area contributed by atoms with Gasteiger partial charge in [-0.25, -0.2) is 0 Å². The molecule has 1 aliphatic rings. The normalized spacial score (nSPS) is 18.3. The van der Waals surface area contributed by atoms with Gasteiger partial charge in [-0.2, -0.15) is 5.10 Å². The Bertz CT molecular complexity index is 959. The largest absolute Gasteiger partial charge is 0.497 e. The summed E-state index contributed by atoms with van der Waals surface area (Å²) in [4.78, 5) is 24.6. The van der Waals surface area contributed by atoms with E-state index < -0.39 is 5.25 Å². The van der Waals surface area contributed by atoms with Crippen LogP contribution in [0.2, 0.25) is 0 Å². The van der Waals surface area contributed by atoms with Gasteiger partial charge >= 0.3 is 0 Å². The number of amides is 2. The molecule has 2 N–H and O–H groups in total. The van der Waals surface area contributed by atoms with Crippen LogP contribution in [-0.4, -0.2) is 35.1 Å². The lowest BCUT2D eigenvalue weighted by molar-refractivity contribution is -0.123. The van der Waals surface area contributed by atoms with Crippen molar-refractivity contribution in [2.75, 3.05) is 12.4 Å². The molecule has 9 heteroatoms. The van der Waals surface area contributed by atoms with Crippen LogP contribution in [0.15, 0.2) is 63.2 Å². The Kier molecular flexibility index (Phi) is 7.05. The van der Waals surface area contributed by atoms with Crippen LogP contribution in [0, 0.1) is 0 Å². The number of halogens is 1. The highest BCUT2D eigenvalue weighted by Gasteiger charge is 2.30. The number of thioether (sulfide) groups is 1. The van der Waals surface area contributed by atoms with Gasteiger partial charge in [0.05, 0.1) is 12.8 Å². The molecule has 150 valence electrons. The number of nitrogens with one attached hydrogen (secondary N) is 2. The summed E-state index contributed by atoms with van der Waals surface area (Å²) in [5, 5.41) is 13.5. The molecule has 2 amide bonds. The molecule has 0 spiro atoms. The number of carbonyl (C=O) groups is 2. The minimum Gasteiger partial charge on any atom is -0.497 e. The number of ether oxygens (including phenoxy) is 1. The first-order valence-corrected chi connectivity index (χ1v) is 10.4. The highest BCUT2D eigenvalue weighted by Crippen LogP contribution is 2.23. The minimum atomic E-state index is -0.581. The van der Waals surface area contributed by atoms with Crippen molar-refractivity contribution in [3.05, 3.63) is 58.6 Å². The number of hydrogen-bond acceptors (Lipinski definition) is 6. The molecule has 1 heterocycles. The van der Waals surface area contributed by atoms with Crippen molar-refractivity contribution in [2.24, 2.45) is 10.2 Å². The van der Waals surface area contributed by atoms with Crippen molar-refractivity contribution in [3.8, 4) is 5.75 Å². The first-order chi connectivity index (χ1) is 13.9. The second kappa shape index (κ2) is 9.71. The molecule has 1 saturated heterocycles. The van der Waals surface area contributed by atoms with Crippen LogP contribution in [0.5, 0.6) is 5.75 Å². The van der Waals surface area contributed by atoms with E-state index in [2.05, 4.69) is 36.8 Å². The van der Waals surface area contributed by atoms with Crippen molar-refractivity contribution >= 4 is 56.1 Å². The Balaban J connectivity index is 1.68. The fraction of sp³-hybridized carbons (Fsp3) is 0.200. The number of rotatable bonds is 5. The van der Waals surface area contributed by atoms with E-state index in [1.807, 2.05) is 43.3 Å².